The van der Waals surface area contributed by atoms with Crippen LogP contribution in [-0.2, 0) is 7.05 Å². The Morgan fingerprint density at radius 1 is 0.958 bits per heavy atom. The minimum Gasteiger partial charge on any atom is -0.317 e. The van der Waals surface area contributed by atoms with Crippen molar-refractivity contribution < 1.29 is 4.79 Å². The molecule has 0 unspecified atom stereocenters. The first-order chi connectivity index (χ1) is 11.6. The molecule has 1 aromatic heterocycles. The molecule has 0 aliphatic heterocycles. The fourth-order valence-corrected chi connectivity index (χ4v) is 2.61. The molecule has 1 amide bonds. The maximum atomic E-state index is 12.5. The molecular formula is C20H18N2O2. The SMILES string of the molecule is Cc1ccccc1C(=O)Nc1cc(-c2ccccc2)cn(C)c1=O. The van der Waals surface area contributed by atoms with Crippen molar-refractivity contribution in [2.24, 2.45) is 7.05 Å². The van der Waals surface area contributed by atoms with Crippen LogP contribution >= 0.6 is 0 Å². The summed E-state index contributed by atoms with van der Waals surface area (Å²) in [7, 11) is 1.68. The first-order valence-electron chi connectivity index (χ1n) is 7.69. The van der Waals surface area contributed by atoms with E-state index in [9.17, 15) is 9.59 Å². The Hall–Kier alpha value is -3.14. The van der Waals surface area contributed by atoms with Gasteiger partial charge >= 0.3 is 0 Å². The van der Waals surface area contributed by atoms with Gasteiger partial charge in [-0.2, -0.15) is 0 Å². The molecule has 24 heavy (non-hydrogen) atoms. The van der Waals surface area contributed by atoms with Gasteiger partial charge in [0.25, 0.3) is 11.5 Å². The van der Waals surface area contributed by atoms with Crippen molar-refractivity contribution in [2.45, 2.75) is 6.92 Å². The van der Waals surface area contributed by atoms with Gasteiger partial charge in [-0.3, -0.25) is 9.59 Å². The summed E-state index contributed by atoms with van der Waals surface area (Å²) in [6.07, 6.45) is 1.76. The third kappa shape index (κ3) is 3.13. The molecule has 0 aliphatic rings. The van der Waals surface area contributed by atoms with Crippen molar-refractivity contribution in [1.82, 2.24) is 4.57 Å². The Bertz CT molecular complexity index is 943. The molecule has 0 atom stereocenters. The van der Waals surface area contributed by atoms with Crippen LogP contribution in [0.1, 0.15) is 15.9 Å². The average molecular weight is 318 g/mol. The second kappa shape index (κ2) is 6.54. The third-order valence-corrected chi connectivity index (χ3v) is 3.93. The van der Waals surface area contributed by atoms with Gasteiger partial charge in [-0.1, -0.05) is 48.5 Å². The van der Waals surface area contributed by atoms with E-state index < -0.39 is 0 Å². The van der Waals surface area contributed by atoms with Crippen LogP contribution in [0.15, 0.2) is 71.7 Å². The molecule has 1 heterocycles. The second-order valence-corrected chi connectivity index (χ2v) is 5.69. The molecule has 0 bridgehead atoms. The first kappa shape index (κ1) is 15.7. The molecule has 0 spiro atoms. The van der Waals surface area contributed by atoms with Crippen LogP contribution < -0.4 is 10.9 Å². The third-order valence-electron chi connectivity index (χ3n) is 3.93. The Balaban J connectivity index is 1.99. The lowest BCUT2D eigenvalue weighted by Crippen LogP contribution is -2.24. The van der Waals surface area contributed by atoms with E-state index in [-0.39, 0.29) is 17.2 Å². The van der Waals surface area contributed by atoms with Crippen molar-refractivity contribution in [3.05, 3.63) is 88.3 Å². The van der Waals surface area contributed by atoms with Gasteiger partial charge in [0, 0.05) is 24.4 Å². The molecule has 2 aromatic carbocycles. The number of hydrogen-bond acceptors (Lipinski definition) is 2. The van der Waals surface area contributed by atoms with E-state index in [0.717, 1.165) is 16.7 Å². The van der Waals surface area contributed by atoms with Gasteiger partial charge < -0.3 is 9.88 Å². The van der Waals surface area contributed by atoms with Crippen molar-refractivity contribution in [1.29, 1.82) is 0 Å². The van der Waals surface area contributed by atoms with Gasteiger partial charge in [-0.05, 0) is 30.2 Å². The van der Waals surface area contributed by atoms with Crippen LogP contribution in [0.3, 0.4) is 0 Å². The summed E-state index contributed by atoms with van der Waals surface area (Å²) in [6.45, 7) is 1.87. The zero-order chi connectivity index (χ0) is 17.1. The van der Waals surface area contributed by atoms with Crippen LogP contribution in [0, 0.1) is 6.92 Å². The smallest absolute Gasteiger partial charge is 0.274 e. The molecule has 0 aliphatic carbocycles. The summed E-state index contributed by atoms with van der Waals surface area (Å²) in [4.78, 5) is 24.8. The van der Waals surface area contributed by atoms with E-state index >= 15 is 0 Å². The Morgan fingerprint density at radius 3 is 2.33 bits per heavy atom. The van der Waals surface area contributed by atoms with Gasteiger partial charge in [0.1, 0.15) is 5.69 Å². The number of nitrogens with zero attached hydrogens (tertiary/aromatic N) is 1. The number of hydrogen-bond donors (Lipinski definition) is 1. The zero-order valence-electron chi connectivity index (χ0n) is 13.6. The fraction of sp³-hybridized carbons (Fsp3) is 0.100. The zero-order valence-corrected chi connectivity index (χ0v) is 13.6. The van der Waals surface area contributed by atoms with E-state index in [2.05, 4.69) is 5.32 Å². The number of aromatic nitrogens is 1. The number of benzene rings is 2. The van der Waals surface area contributed by atoms with Gasteiger partial charge in [0.05, 0.1) is 0 Å². The largest absolute Gasteiger partial charge is 0.317 e. The number of amides is 1. The summed E-state index contributed by atoms with van der Waals surface area (Å²) in [5.74, 6) is -0.282. The molecule has 120 valence electrons. The molecule has 4 heteroatoms. The van der Waals surface area contributed by atoms with Crippen molar-refractivity contribution in [3.63, 3.8) is 0 Å². The molecule has 4 nitrogen and oxygen atoms in total. The lowest BCUT2D eigenvalue weighted by molar-refractivity contribution is 0.102. The quantitative estimate of drug-likeness (QED) is 0.802. The number of nitrogens with one attached hydrogen (secondary N) is 1. The van der Waals surface area contributed by atoms with E-state index in [4.69, 9.17) is 0 Å². The van der Waals surface area contributed by atoms with Gasteiger partial charge in [0.2, 0.25) is 0 Å². The molecular weight excluding hydrogens is 300 g/mol. The van der Waals surface area contributed by atoms with E-state index in [1.165, 1.54) is 4.57 Å². The summed E-state index contributed by atoms with van der Waals surface area (Å²) >= 11 is 0. The fourth-order valence-electron chi connectivity index (χ4n) is 2.61. The first-order valence-corrected chi connectivity index (χ1v) is 7.69. The highest BCUT2D eigenvalue weighted by molar-refractivity contribution is 6.05. The molecule has 0 fully saturated rings. The van der Waals surface area contributed by atoms with E-state index in [1.807, 2.05) is 49.4 Å². The average Bonchev–Trinajstić information content (AvgIpc) is 2.59. The van der Waals surface area contributed by atoms with Gasteiger partial charge in [-0.25, -0.2) is 0 Å². The number of carbonyl (C=O) groups excluding carboxylic acids is 1. The van der Waals surface area contributed by atoms with Crippen molar-refractivity contribution in [3.8, 4) is 11.1 Å². The number of pyridine rings is 1. The van der Waals surface area contributed by atoms with Crippen molar-refractivity contribution in [2.75, 3.05) is 5.32 Å². The Labute approximate surface area is 140 Å². The van der Waals surface area contributed by atoms with Crippen LogP contribution in [-0.4, -0.2) is 10.5 Å². The minimum absolute atomic E-state index is 0.239. The van der Waals surface area contributed by atoms with E-state index in [1.54, 1.807) is 31.4 Å². The molecule has 3 rings (SSSR count). The van der Waals surface area contributed by atoms with Gasteiger partial charge in [0.15, 0.2) is 0 Å². The Morgan fingerprint density at radius 2 is 1.62 bits per heavy atom. The molecule has 1 N–H and O–H groups in total. The maximum Gasteiger partial charge on any atom is 0.274 e. The van der Waals surface area contributed by atoms with Crippen molar-refractivity contribution >= 4 is 11.6 Å². The highest BCUT2D eigenvalue weighted by atomic mass is 16.2. The number of carbonyl (C=O) groups is 1. The second-order valence-electron chi connectivity index (χ2n) is 5.69. The summed E-state index contributed by atoms with van der Waals surface area (Å²) in [5.41, 5.74) is 3.32. The lowest BCUT2D eigenvalue weighted by Gasteiger charge is -2.11. The lowest BCUT2D eigenvalue weighted by atomic mass is 10.1. The maximum absolute atomic E-state index is 12.5. The Kier molecular flexibility index (Phi) is 4.29. The summed E-state index contributed by atoms with van der Waals surface area (Å²) < 4.78 is 1.48. The van der Waals surface area contributed by atoms with Gasteiger partial charge in [-0.15, -0.1) is 0 Å². The number of anilines is 1. The normalized spacial score (nSPS) is 10.4. The summed E-state index contributed by atoms with van der Waals surface area (Å²) in [5, 5.41) is 2.75. The van der Waals surface area contributed by atoms with E-state index in [0.29, 0.717) is 5.56 Å². The standard InChI is InChI=1S/C20H18N2O2/c1-14-8-6-7-11-17(14)19(23)21-18-12-16(13-22(2)20(18)24)15-9-4-3-5-10-15/h3-13H,1-2H3,(H,21,23). The van der Waals surface area contributed by atoms with Crippen LogP contribution in [0.4, 0.5) is 5.69 Å². The number of rotatable bonds is 3. The minimum atomic E-state index is -0.282. The molecule has 0 saturated heterocycles. The molecule has 0 radical (unpaired) electrons. The van der Waals surface area contributed by atoms with Crippen LogP contribution in [0.2, 0.25) is 0 Å². The monoisotopic (exact) mass is 318 g/mol. The topological polar surface area (TPSA) is 51.1 Å². The number of aryl methyl sites for hydroxylation is 2. The predicted octanol–water partition coefficient (Wildman–Crippen LogP) is 3.61. The summed E-state index contributed by atoms with van der Waals surface area (Å²) in [6, 6.07) is 18.8. The molecule has 0 saturated carbocycles. The highest BCUT2D eigenvalue weighted by Crippen LogP contribution is 2.20. The van der Waals surface area contributed by atoms with Crippen LogP contribution in [0.25, 0.3) is 11.1 Å². The van der Waals surface area contributed by atoms with Crippen LogP contribution in [0.5, 0.6) is 0 Å². The predicted molar refractivity (Wildman–Crippen MR) is 96.3 cm³/mol. The highest BCUT2D eigenvalue weighted by Gasteiger charge is 2.12. The molecule has 3 aromatic rings.